The molecule has 1 aliphatic rings. The Morgan fingerprint density at radius 1 is 1.06 bits per heavy atom. The highest BCUT2D eigenvalue weighted by Gasteiger charge is 2.31. The summed E-state index contributed by atoms with van der Waals surface area (Å²) in [6.07, 6.45) is 6.05. The van der Waals surface area contributed by atoms with Crippen LogP contribution in [0, 0.1) is 12.8 Å². The van der Waals surface area contributed by atoms with E-state index in [0.717, 1.165) is 35.6 Å². The molecule has 194 valence electrons. The molecule has 1 aliphatic heterocycles. The molecule has 0 saturated carbocycles. The van der Waals surface area contributed by atoms with Gasteiger partial charge < -0.3 is 16.0 Å². The molecule has 0 aliphatic carbocycles. The van der Waals surface area contributed by atoms with E-state index in [-0.39, 0.29) is 18.2 Å². The average Bonchev–Trinajstić information content (AvgIpc) is 3.34. The number of unbranched alkanes of at least 4 members (excludes halogenated alkanes) is 1. The zero-order valence-corrected chi connectivity index (χ0v) is 22.3. The molecule has 0 bridgehead atoms. The predicted molar refractivity (Wildman–Crippen MR) is 141 cm³/mol. The van der Waals surface area contributed by atoms with Crippen LogP contribution in [0.25, 0.3) is 0 Å². The van der Waals surface area contributed by atoms with Gasteiger partial charge in [0, 0.05) is 24.6 Å². The number of carbonyl (C=O) groups excluding carboxylic acids is 4. The number of nitrogens with one attached hydrogen (secondary N) is 3. The maximum absolute atomic E-state index is 13.2. The first-order chi connectivity index (χ1) is 16.7. The van der Waals surface area contributed by atoms with E-state index in [9.17, 15) is 19.2 Å². The third-order valence-corrected chi connectivity index (χ3v) is 7.69. The monoisotopic (exact) mass is 503 g/mol. The van der Waals surface area contributed by atoms with Gasteiger partial charge in [-0.25, -0.2) is 0 Å². The zero-order chi connectivity index (χ0) is 25.8. The number of benzene rings is 1. The van der Waals surface area contributed by atoms with E-state index in [1.54, 1.807) is 6.92 Å². The van der Waals surface area contributed by atoms with Crippen LogP contribution in [-0.4, -0.2) is 53.1 Å². The number of aryl methyl sites for hydroxylation is 1. The highest BCUT2D eigenvalue weighted by atomic mass is 32.2. The van der Waals surface area contributed by atoms with Crippen molar-refractivity contribution in [3.05, 3.63) is 35.4 Å². The van der Waals surface area contributed by atoms with Crippen molar-refractivity contribution >= 4 is 35.3 Å². The smallest absolute Gasteiger partial charge is 0.289 e. The summed E-state index contributed by atoms with van der Waals surface area (Å²) in [4.78, 5) is 50.8. The summed E-state index contributed by atoms with van der Waals surface area (Å²) < 4.78 is 0. The molecule has 0 spiro atoms. The molecule has 3 amide bonds. The number of carbonyl (C=O) groups is 4. The van der Waals surface area contributed by atoms with Gasteiger partial charge in [-0.15, -0.1) is 0 Å². The fraction of sp³-hybridized carbons (Fsp3) is 0.630. The number of amides is 3. The third kappa shape index (κ3) is 10.0. The van der Waals surface area contributed by atoms with Crippen LogP contribution in [0.3, 0.4) is 0 Å². The molecule has 2 rings (SSSR count). The van der Waals surface area contributed by atoms with Gasteiger partial charge in [0.1, 0.15) is 12.1 Å². The van der Waals surface area contributed by atoms with Crippen LogP contribution in [0.5, 0.6) is 0 Å². The van der Waals surface area contributed by atoms with E-state index >= 15 is 0 Å². The molecule has 3 atom stereocenters. The van der Waals surface area contributed by atoms with Gasteiger partial charge in [0.15, 0.2) is 0 Å². The van der Waals surface area contributed by atoms with E-state index < -0.39 is 29.7 Å². The Labute approximate surface area is 214 Å². The number of ketones is 1. The van der Waals surface area contributed by atoms with Crippen molar-refractivity contribution in [2.24, 2.45) is 5.92 Å². The standard InChI is InChI=1S/C27H41N3O4S/c1-5-28-27(34)25(32)22(17-20-14-12-19(4)13-15-20)29-26(33)24(18(2)3)30-23(31)11-7-6-9-21-10-8-16-35-21/h12-15,18,21-22,24H,5-11,16-17H2,1-4H3,(H,28,34)(H,29,33)(H,30,31)/t21?,22-,24-/m0/s1. The second-order valence-electron chi connectivity index (χ2n) is 9.64. The topological polar surface area (TPSA) is 104 Å². The molecular weight excluding hydrogens is 462 g/mol. The molecule has 8 heteroatoms. The summed E-state index contributed by atoms with van der Waals surface area (Å²) in [6.45, 7) is 7.72. The number of Topliss-reactive ketones (excluding diaryl/α,β-unsaturated/α-hetero) is 1. The Kier molecular flexibility index (Phi) is 12.3. The third-order valence-electron chi connectivity index (χ3n) is 6.22. The molecule has 1 unspecified atom stereocenters. The number of hydrogen-bond donors (Lipinski definition) is 3. The van der Waals surface area contributed by atoms with Crippen LogP contribution >= 0.6 is 11.8 Å². The molecule has 1 aromatic rings. The summed E-state index contributed by atoms with van der Waals surface area (Å²) in [5.41, 5.74) is 1.91. The largest absolute Gasteiger partial charge is 0.350 e. The summed E-state index contributed by atoms with van der Waals surface area (Å²) in [7, 11) is 0. The van der Waals surface area contributed by atoms with E-state index in [4.69, 9.17) is 0 Å². The number of likely N-dealkylation sites (N-methyl/N-ethyl adjacent to an activating group) is 1. The van der Waals surface area contributed by atoms with Gasteiger partial charge in [-0.2, -0.15) is 11.8 Å². The molecule has 35 heavy (non-hydrogen) atoms. The van der Waals surface area contributed by atoms with Crippen LogP contribution in [0.4, 0.5) is 0 Å². The molecule has 1 fully saturated rings. The van der Waals surface area contributed by atoms with Crippen molar-refractivity contribution in [1.82, 2.24) is 16.0 Å². The molecule has 3 N–H and O–H groups in total. The van der Waals surface area contributed by atoms with Crippen LogP contribution in [-0.2, 0) is 25.6 Å². The predicted octanol–water partition coefficient (Wildman–Crippen LogP) is 3.32. The van der Waals surface area contributed by atoms with Crippen molar-refractivity contribution in [3.63, 3.8) is 0 Å². The maximum atomic E-state index is 13.2. The molecule has 1 aromatic carbocycles. The van der Waals surface area contributed by atoms with Gasteiger partial charge in [-0.1, -0.05) is 50.1 Å². The quantitative estimate of drug-likeness (QED) is 0.267. The number of hydrogen-bond acceptors (Lipinski definition) is 5. The molecule has 1 heterocycles. The van der Waals surface area contributed by atoms with Crippen LogP contribution in [0.15, 0.2) is 24.3 Å². The molecule has 0 radical (unpaired) electrons. The highest BCUT2D eigenvalue weighted by Crippen LogP contribution is 2.30. The molecule has 0 aromatic heterocycles. The lowest BCUT2D eigenvalue weighted by Gasteiger charge is -2.25. The molecule has 1 saturated heterocycles. The van der Waals surface area contributed by atoms with Gasteiger partial charge in [-0.3, -0.25) is 19.2 Å². The minimum atomic E-state index is -1.01. The fourth-order valence-corrected chi connectivity index (χ4v) is 5.48. The first kappa shape index (κ1) is 28.9. The Morgan fingerprint density at radius 3 is 2.37 bits per heavy atom. The van der Waals surface area contributed by atoms with Gasteiger partial charge in [0.25, 0.3) is 5.91 Å². The zero-order valence-electron chi connectivity index (χ0n) is 21.5. The van der Waals surface area contributed by atoms with E-state index in [0.29, 0.717) is 13.0 Å². The van der Waals surface area contributed by atoms with Gasteiger partial charge >= 0.3 is 0 Å². The van der Waals surface area contributed by atoms with E-state index in [1.165, 1.54) is 18.6 Å². The Morgan fingerprint density at radius 2 is 1.77 bits per heavy atom. The van der Waals surface area contributed by atoms with Crippen molar-refractivity contribution in [2.45, 2.75) is 90.0 Å². The van der Waals surface area contributed by atoms with Gasteiger partial charge in [0.05, 0.1) is 0 Å². The lowest BCUT2D eigenvalue weighted by molar-refractivity contribution is -0.140. The first-order valence-corrected chi connectivity index (χ1v) is 13.8. The van der Waals surface area contributed by atoms with Gasteiger partial charge in [-0.05, 0) is 56.8 Å². The average molecular weight is 504 g/mol. The lowest BCUT2D eigenvalue weighted by Crippen LogP contribution is -2.56. The van der Waals surface area contributed by atoms with Crippen LogP contribution < -0.4 is 16.0 Å². The summed E-state index contributed by atoms with van der Waals surface area (Å²) in [5.74, 6) is -0.971. The molecular formula is C27H41N3O4S. The van der Waals surface area contributed by atoms with Gasteiger partial charge in [0.2, 0.25) is 17.6 Å². The van der Waals surface area contributed by atoms with E-state index in [2.05, 4.69) is 16.0 Å². The number of thioether (sulfide) groups is 1. The summed E-state index contributed by atoms with van der Waals surface area (Å²) >= 11 is 2.02. The Balaban J connectivity index is 1.98. The van der Waals surface area contributed by atoms with Crippen molar-refractivity contribution in [1.29, 1.82) is 0 Å². The van der Waals surface area contributed by atoms with Crippen molar-refractivity contribution in [2.75, 3.05) is 12.3 Å². The maximum Gasteiger partial charge on any atom is 0.289 e. The fourth-order valence-electron chi connectivity index (χ4n) is 4.15. The first-order valence-electron chi connectivity index (χ1n) is 12.8. The lowest BCUT2D eigenvalue weighted by atomic mass is 9.98. The van der Waals surface area contributed by atoms with Crippen LogP contribution in [0.1, 0.15) is 70.4 Å². The van der Waals surface area contributed by atoms with E-state index in [1.807, 2.05) is 56.8 Å². The van der Waals surface area contributed by atoms with Crippen molar-refractivity contribution < 1.29 is 19.2 Å². The second-order valence-corrected chi connectivity index (χ2v) is 11.1. The second kappa shape index (κ2) is 14.9. The minimum Gasteiger partial charge on any atom is -0.350 e. The molecule has 7 nitrogen and oxygen atoms in total. The SMILES string of the molecule is CCNC(=O)C(=O)[C@H](Cc1ccc(C)cc1)NC(=O)[C@@H](NC(=O)CCCCC1CCCS1)C(C)C. The summed E-state index contributed by atoms with van der Waals surface area (Å²) in [6, 6.07) is 5.81. The Hall–Kier alpha value is -2.35. The normalized spacial score (nSPS) is 17.0. The summed E-state index contributed by atoms with van der Waals surface area (Å²) in [5, 5.41) is 8.83. The van der Waals surface area contributed by atoms with Crippen molar-refractivity contribution in [3.8, 4) is 0 Å². The highest BCUT2D eigenvalue weighted by molar-refractivity contribution is 8.00. The minimum absolute atomic E-state index is 0.164. The Bertz CT molecular complexity index is 850. The van der Waals surface area contributed by atoms with Crippen LogP contribution in [0.2, 0.25) is 0 Å². The number of rotatable bonds is 14.